The first-order valence-corrected chi connectivity index (χ1v) is 9.48. The van der Waals surface area contributed by atoms with Gasteiger partial charge in [0.1, 0.15) is 6.54 Å². The molecule has 8 heteroatoms. The van der Waals surface area contributed by atoms with E-state index in [2.05, 4.69) is 4.98 Å². The molecule has 1 atom stereocenters. The number of esters is 1. The number of carbonyl (C=O) groups excluding carboxylic acids is 5. The van der Waals surface area contributed by atoms with Crippen LogP contribution in [0.1, 0.15) is 61.9 Å². The van der Waals surface area contributed by atoms with Gasteiger partial charge in [-0.05, 0) is 44.9 Å². The molecule has 0 saturated carbocycles. The predicted molar refractivity (Wildman–Crippen MR) is 106 cm³/mol. The lowest BCUT2D eigenvalue weighted by molar-refractivity contribution is -0.150. The zero-order valence-corrected chi connectivity index (χ0v) is 17.2. The molecule has 2 heterocycles. The van der Waals surface area contributed by atoms with Gasteiger partial charge in [0.05, 0.1) is 12.1 Å². The number of aromatic nitrogens is 1. The molecule has 1 N–H and O–H groups in total. The molecule has 156 valence electrons. The molecule has 0 aliphatic carbocycles. The van der Waals surface area contributed by atoms with Gasteiger partial charge in [-0.1, -0.05) is 18.2 Å². The number of ketones is 2. The summed E-state index contributed by atoms with van der Waals surface area (Å²) in [7, 11) is 0. The predicted octanol–water partition coefficient (Wildman–Crippen LogP) is 2.17. The minimum Gasteiger partial charge on any atom is -0.453 e. The molecule has 0 spiro atoms. The van der Waals surface area contributed by atoms with Gasteiger partial charge in [-0.15, -0.1) is 0 Å². The third kappa shape index (κ3) is 3.80. The zero-order chi connectivity index (χ0) is 22.2. The maximum absolute atomic E-state index is 12.7. The standard InChI is InChI=1S/C22H22N2O6/c1-11-19(13(3)25)12(2)23-20(11)21(28)14(4)30-18(27)10-24-17(26)9-15-7-5-6-8-16(15)22(24)29/h5-8,14,23H,9-10H2,1-4H3/t14-/m0/s1. The molecule has 8 nitrogen and oxygen atoms in total. The Balaban J connectivity index is 1.70. The first kappa shape index (κ1) is 21.2. The second-order valence-electron chi connectivity index (χ2n) is 7.30. The Morgan fingerprint density at radius 2 is 1.83 bits per heavy atom. The van der Waals surface area contributed by atoms with Crippen LogP contribution in [0.5, 0.6) is 0 Å². The molecule has 0 saturated heterocycles. The maximum atomic E-state index is 12.7. The molecule has 2 amide bonds. The molecule has 1 aliphatic heterocycles. The average Bonchev–Trinajstić information content (AvgIpc) is 2.98. The van der Waals surface area contributed by atoms with E-state index in [1.54, 1.807) is 38.1 Å². The van der Waals surface area contributed by atoms with Gasteiger partial charge in [0.15, 0.2) is 11.9 Å². The third-order valence-electron chi connectivity index (χ3n) is 5.14. The molecule has 0 radical (unpaired) electrons. The number of fused-ring (bicyclic) bond motifs is 1. The van der Waals surface area contributed by atoms with Crippen LogP contribution in [0, 0.1) is 13.8 Å². The number of amides is 2. The Kier molecular flexibility index (Phi) is 5.69. The molecule has 1 aromatic carbocycles. The Morgan fingerprint density at radius 1 is 1.17 bits per heavy atom. The van der Waals surface area contributed by atoms with Crippen molar-refractivity contribution in [1.82, 2.24) is 9.88 Å². The van der Waals surface area contributed by atoms with Crippen molar-refractivity contribution in [3.63, 3.8) is 0 Å². The number of carbonyl (C=O) groups is 5. The van der Waals surface area contributed by atoms with Crippen molar-refractivity contribution >= 4 is 29.4 Å². The molecule has 0 fully saturated rings. The molecular formula is C22H22N2O6. The number of nitrogens with zero attached hydrogens (tertiary/aromatic N) is 1. The fourth-order valence-corrected chi connectivity index (χ4v) is 3.70. The number of ether oxygens (including phenoxy) is 1. The van der Waals surface area contributed by atoms with E-state index < -0.39 is 36.2 Å². The topological polar surface area (TPSA) is 114 Å². The van der Waals surface area contributed by atoms with Crippen LogP contribution < -0.4 is 0 Å². The van der Waals surface area contributed by atoms with Crippen molar-refractivity contribution in [2.24, 2.45) is 0 Å². The smallest absolute Gasteiger partial charge is 0.326 e. The quantitative estimate of drug-likeness (QED) is 0.444. The summed E-state index contributed by atoms with van der Waals surface area (Å²) in [6, 6.07) is 6.70. The maximum Gasteiger partial charge on any atom is 0.326 e. The number of imide groups is 1. The van der Waals surface area contributed by atoms with E-state index in [0.29, 0.717) is 27.9 Å². The summed E-state index contributed by atoms with van der Waals surface area (Å²) < 4.78 is 5.18. The summed E-state index contributed by atoms with van der Waals surface area (Å²) in [6.45, 7) is 5.56. The van der Waals surface area contributed by atoms with Crippen molar-refractivity contribution in [1.29, 1.82) is 0 Å². The summed E-state index contributed by atoms with van der Waals surface area (Å²) >= 11 is 0. The Hall–Kier alpha value is -3.55. The van der Waals surface area contributed by atoms with Crippen molar-refractivity contribution < 1.29 is 28.7 Å². The van der Waals surface area contributed by atoms with Crippen molar-refractivity contribution in [3.8, 4) is 0 Å². The summed E-state index contributed by atoms with van der Waals surface area (Å²) in [5.41, 5.74) is 2.65. The summed E-state index contributed by atoms with van der Waals surface area (Å²) in [5.74, 6) is -2.62. The van der Waals surface area contributed by atoms with Gasteiger partial charge in [0.2, 0.25) is 11.7 Å². The van der Waals surface area contributed by atoms with Crippen LogP contribution in [0.3, 0.4) is 0 Å². The minimum absolute atomic E-state index is 0.0123. The largest absolute Gasteiger partial charge is 0.453 e. The van der Waals surface area contributed by atoms with E-state index in [1.165, 1.54) is 13.8 Å². The molecule has 1 aliphatic rings. The highest BCUT2D eigenvalue weighted by Crippen LogP contribution is 2.21. The zero-order valence-electron chi connectivity index (χ0n) is 17.2. The van der Waals surface area contributed by atoms with Gasteiger partial charge >= 0.3 is 5.97 Å². The average molecular weight is 410 g/mol. The molecular weight excluding hydrogens is 388 g/mol. The van der Waals surface area contributed by atoms with Gasteiger partial charge in [0, 0.05) is 16.8 Å². The van der Waals surface area contributed by atoms with Crippen LogP contribution in [-0.4, -0.2) is 51.9 Å². The first-order valence-electron chi connectivity index (χ1n) is 9.48. The van der Waals surface area contributed by atoms with Crippen LogP contribution in [0.25, 0.3) is 0 Å². The van der Waals surface area contributed by atoms with Crippen molar-refractivity contribution in [3.05, 3.63) is 57.9 Å². The van der Waals surface area contributed by atoms with E-state index >= 15 is 0 Å². The number of H-pyrrole nitrogens is 1. The van der Waals surface area contributed by atoms with E-state index in [9.17, 15) is 24.0 Å². The molecule has 1 aromatic heterocycles. The van der Waals surface area contributed by atoms with Crippen LogP contribution in [0.2, 0.25) is 0 Å². The normalized spacial score (nSPS) is 14.3. The Labute approximate surface area is 173 Å². The lowest BCUT2D eigenvalue weighted by Gasteiger charge is -2.26. The molecule has 2 aromatic rings. The van der Waals surface area contributed by atoms with E-state index in [4.69, 9.17) is 4.74 Å². The SMILES string of the molecule is CC(=O)c1c(C)[nH]c(C(=O)[C@H](C)OC(=O)CN2C(=O)Cc3ccccc3C2=O)c1C. The Morgan fingerprint density at radius 3 is 2.47 bits per heavy atom. The van der Waals surface area contributed by atoms with Crippen LogP contribution in [0.15, 0.2) is 24.3 Å². The van der Waals surface area contributed by atoms with Gasteiger partial charge in [0.25, 0.3) is 5.91 Å². The Bertz CT molecular complexity index is 1080. The minimum atomic E-state index is -1.16. The summed E-state index contributed by atoms with van der Waals surface area (Å²) in [6.07, 6.45) is -1.14. The monoisotopic (exact) mass is 410 g/mol. The van der Waals surface area contributed by atoms with Gasteiger partial charge < -0.3 is 9.72 Å². The number of nitrogens with one attached hydrogen (secondary N) is 1. The lowest BCUT2D eigenvalue weighted by Crippen LogP contribution is -2.46. The van der Waals surface area contributed by atoms with E-state index in [0.717, 1.165) is 4.90 Å². The van der Waals surface area contributed by atoms with Gasteiger partial charge in [-0.2, -0.15) is 0 Å². The molecule has 3 rings (SSSR count). The third-order valence-corrected chi connectivity index (χ3v) is 5.14. The second-order valence-corrected chi connectivity index (χ2v) is 7.30. The summed E-state index contributed by atoms with van der Waals surface area (Å²) in [4.78, 5) is 65.3. The molecule has 0 bridgehead atoms. The van der Waals surface area contributed by atoms with E-state index in [-0.39, 0.29) is 17.9 Å². The number of aryl methyl sites for hydroxylation is 1. The van der Waals surface area contributed by atoms with E-state index in [1.807, 2.05) is 0 Å². The fourth-order valence-electron chi connectivity index (χ4n) is 3.70. The van der Waals surface area contributed by atoms with Gasteiger partial charge in [-0.25, -0.2) is 0 Å². The second kappa shape index (κ2) is 8.06. The number of rotatable bonds is 6. The van der Waals surface area contributed by atoms with Crippen molar-refractivity contribution in [2.45, 2.75) is 40.2 Å². The molecule has 30 heavy (non-hydrogen) atoms. The highest BCUT2D eigenvalue weighted by Gasteiger charge is 2.33. The van der Waals surface area contributed by atoms with Crippen molar-refractivity contribution in [2.75, 3.05) is 6.54 Å². The number of Topliss-reactive ketones (excluding diaryl/α,β-unsaturated/α-hetero) is 2. The highest BCUT2D eigenvalue weighted by atomic mass is 16.5. The fraction of sp³-hybridized carbons (Fsp3) is 0.318. The van der Waals surface area contributed by atoms with Gasteiger partial charge in [-0.3, -0.25) is 28.9 Å². The number of hydrogen-bond acceptors (Lipinski definition) is 6. The number of hydrogen-bond donors (Lipinski definition) is 1. The van der Waals surface area contributed by atoms with Crippen LogP contribution >= 0.6 is 0 Å². The molecule has 0 unspecified atom stereocenters. The lowest BCUT2D eigenvalue weighted by atomic mass is 9.98. The number of aromatic amines is 1. The summed E-state index contributed by atoms with van der Waals surface area (Å²) in [5, 5.41) is 0. The number of benzene rings is 1. The highest BCUT2D eigenvalue weighted by molar-refractivity contribution is 6.11. The first-order chi connectivity index (χ1) is 14.1. The van der Waals surface area contributed by atoms with Crippen LogP contribution in [-0.2, 0) is 20.7 Å². The van der Waals surface area contributed by atoms with Crippen LogP contribution in [0.4, 0.5) is 0 Å².